The lowest BCUT2D eigenvalue weighted by molar-refractivity contribution is 0.0348. The van der Waals surface area contributed by atoms with Crippen LogP contribution in [0.1, 0.15) is 37.0 Å². The minimum absolute atomic E-state index is 0.0980. The molecule has 2 rings (SSSR count). The Kier molecular flexibility index (Phi) is 5.95. The van der Waals surface area contributed by atoms with E-state index in [9.17, 15) is 17.6 Å². The van der Waals surface area contributed by atoms with E-state index >= 15 is 0 Å². The zero-order chi connectivity index (χ0) is 17.9. The van der Waals surface area contributed by atoms with E-state index in [4.69, 9.17) is 4.74 Å². The molecule has 8 heteroatoms. The Morgan fingerprint density at radius 3 is 2.50 bits per heavy atom. The summed E-state index contributed by atoms with van der Waals surface area (Å²) in [6, 6.07) is 2.98. The summed E-state index contributed by atoms with van der Waals surface area (Å²) < 4.78 is 46.2. The van der Waals surface area contributed by atoms with Crippen molar-refractivity contribution < 1.29 is 22.3 Å². The Bertz CT molecular complexity index is 698. The van der Waals surface area contributed by atoms with Gasteiger partial charge in [0, 0.05) is 26.2 Å². The standard InChI is InChI=1S/C16H23FN2O4S/c1-11(2)18-24(21,22)13-4-5-15(17)14(10-13)16(20)19-8-6-12(23-3)7-9-19/h4-5,10-12,18H,6-9H2,1-3H3. The number of rotatable bonds is 5. The molecule has 1 amide bonds. The number of ether oxygens (including phenoxy) is 1. The summed E-state index contributed by atoms with van der Waals surface area (Å²) in [7, 11) is -2.16. The Hall–Kier alpha value is -1.51. The fourth-order valence-corrected chi connectivity index (χ4v) is 3.96. The second-order valence-electron chi connectivity index (χ2n) is 6.14. The van der Waals surface area contributed by atoms with Gasteiger partial charge in [0.25, 0.3) is 5.91 Å². The van der Waals surface area contributed by atoms with Crippen LogP contribution in [-0.2, 0) is 14.8 Å². The van der Waals surface area contributed by atoms with Gasteiger partial charge in [0.15, 0.2) is 0 Å². The maximum Gasteiger partial charge on any atom is 0.256 e. The van der Waals surface area contributed by atoms with E-state index in [-0.39, 0.29) is 22.6 Å². The molecule has 0 saturated carbocycles. The minimum atomic E-state index is -3.78. The lowest BCUT2D eigenvalue weighted by Gasteiger charge is -2.31. The highest BCUT2D eigenvalue weighted by molar-refractivity contribution is 7.89. The van der Waals surface area contributed by atoms with Crippen molar-refractivity contribution in [1.29, 1.82) is 0 Å². The van der Waals surface area contributed by atoms with Crippen molar-refractivity contribution in [2.45, 2.75) is 43.7 Å². The highest BCUT2D eigenvalue weighted by atomic mass is 32.2. The first kappa shape index (κ1) is 18.8. The molecule has 1 saturated heterocycles. The van der Waals surface area contributed by atoms with Gasteiger partial charge in [0.1, 0.15) is 5.82 Å². The van der Waals surface area contributed by atoms with Gasteiger partial charge in [-0.2, -0.15) is 0 Å². The molecule has 0 bridgehead atoms. The molecule has 0 aromatic heterocycles. The molecule has 0 radical (unpaired) electrons. The number of carbonyl (C=O) groups is 1. The highest BCUT2D eigenvalue weighted by Crippen LogP contribution is 2.20. The number of likely N-dealkylation sites (tertiary alicyclic amines) is 1. The Morgan fingerprint density at radius 1 is 1.33 bits per heavy atom. The number of benzene rings is 1. The lowest BCUT2D eigenvalue weighted by atomic mass is 10.1. The van der Waals surface area contributed by atoms with Crippen molar-refractivity contribution in [3.63, 3.8) is 0 Å². The number of sulfonamides is 1. The van der Waals surface area contributed by atoms with Crippen LogP contribution in [0.15, 0.2) is 23.1 Å². The van der Waals surface area contributed by atoms with Crippen molar-refractivity contribution in [3.8, 4) is 0 Å². The van der Waals surface area contributed by atoms with E-state index in [0.717, 1.165) is 18.2 Å². The van der Waals surface area contributed by atoms with Crippen LogP contribution in [0.5, 0.6) is 0 Å². The van der Waals surface area contributed by atoms with Crippen LogP contribution in [0.2, 0.25) is 0 Å². The predicted octanol–water partition coefficient (Wildman–Crippen LogP) is 1.76. The van der Waals surface area contributed by atoms with Gasteiger partial charge >= 0.3 is 0 Å². The van der Waals surface area contributed by atoms with Crippen LogP contribution in [0.3, 0.4) is 0 Å². The molecule has 1 fully saturated rings. The summed E-state index contributed by atoms with van der Waals surface area (Å²) in [5, 5.41) is 0. The van der Waals surface area contributed by atoms with E-state index in [1.165, 1.54) is 4.90 Å². The Morgan fingerprint density at radius 2 is 1.96 bits per heavy atom. The molecule has 1 N–H and O–H groups in total. The maximum atomic E-state index is 14.1. The third kappa shape index (κ3) is 4.31. The Balaban J connectivity index is 2.24. The normalized spacial score (nSPS) is 16.6. The second-order valence-corrected chi connectivity index (χ2v) is 7.86. The van der Waals surface area contributed by atoms with E-state index in [1.807, 2.05) is 0 Å². The van der Waals surface area contributed by atoms with E-state index in [0.29, 0.717) is 25.9 Å². The minimum Gasteiger partial charge on any atom is -0.381 e. The van der Waals surface area contributed by atoms with Crippen LogP contribution in [-0.4, -0.2) is 51.6 Å². The third-order valence-electron chi connectivity index (χ3n) is 3.93. The molecule has 1 aliphatic heterocycles. The number of piperidine rings is 1. The third-order valence-corrected chi connectivity index (χ3v) is 5.59. The van der Waals surface area contributed by atoms with Crippen molar-refractivity contribution in [2.24, 2.45) is 0 Å². The largest absolute Gasteiger partial charge is 0.381 e. The van der Waals surface area contributed by atoms with E-state index in [1.54, 1.807) is 21.0 Å². The SMILES string of the molecule is COC1CCN(C(=O)c2cc(S(=O)(=O)NC(C)C)ccc2F)CC1. The predicted molar refractivity (Wildman–Crippen MR) is 87.8 cm³/mol. The van der Waals surface area contributed by atoms with E-state index < -0.39 is 21.7 Å². The average molecular weight is 358 g/mol. The number of halogens is 1. The van der Waals surface area contributed by atoms with Gasteiger partial charge < -0.3 is 9.64 Å². The van der Waals surface area contributed by atoms with Crippen LogP contribution in [0, 0.1) is 5.82 Å². The molecule has 1 aromatic carbocycles. The number of amides is 1. The van der Waals surface area contributed by atoms with Crippen molar-refractivity contribution in [1.82, 2.24) is 9.62 Å². The molecule has 0 atom stereocenters. The van der Waals surface area contributed by atoms with Gasteiger partial charge in [-0.15, -0.1) is 0 Å². The van der Waals surface area contributed by atoms with Gasteiger partial charge in [-0.3, -0.25) is 4.79 Å². The van der Waals surface area contributed by atoms with Gasteiger partial charge in [0.05, 0.1) is 16.6 Å². The number of hydrogen-bond donors (Lipinski definition) is 1. The summed E-state index contributed by atoms with van der Waals surface area (Å²) in [4.78, 5) is 14.0. The number of hydrogen-bond acceptors (Lipinski definition) is 4. The zero-order valence-electron chi connectivity index (χ0n) is 14.1. The Labute approximate surface area is 142 Å². The molecule has 0 unspecified atom stereocenters. The molecule has 0 aliphatic carbocycles. The molecule has 1 aromatic rings. The first-order valence-electron chi connectivity index (χ1n) is 7.88. The maximum absolute atomic E-state index is 14.1. The summed E-state index contributed by atoms with van der Waals surface area (Å²) in [5.41, 5.74) is -0.225. The monoisotopic (exact) mass is 358 g/mol. The molecular weight excluding hydrogens is 335 g/mol. The summed E-state index contributed by atoms with van der Waals surface area (Å²) in [6.07, 6.45) is 1.45. The quantitative estimate of drug-likeness (QED) is 0.870. The topological polar surface area (TPSA) is 75.7 Å². The van der Waals surface area contributed by atoms with Crippen molar-refractivity contribution in [2.75, 3.05) is 20.2 Å². The molecular formula is C16H23FN2O4S. The lowest BCUT2D eigenvalue weighted by Crippen LogP contribution is -2.41. The van der Waals surface area contributed by atoms with Crippen LogP contribution in [0.25, 0.3) is 0 Å². The number of methoxy groups -OCH3 is 1. The summed E-state index contributed by atoms with van der Waals surface area (Å²) in [6.45, 7) is 4.29. The van der Waals surface area contributed by atoms with Crippen LogP contribution < -0.4 is 4.72 Å². The molecule has 24 heavy (non-hydrogen) atoms. The van der Waals surface area contributed by atoms with Crippen molar-refractivity contribution >= 4 is 15.9 Å². The van der Waals surface area contributed by atoms with Crippen LogP contribution in [0.4, 0.5) is 4.39 Å². The first-order valence-corrected chi connectivity index (χ1v) is 9.37. The van der Waals surface area contributed by atoms with Gasteiger partial charge in [-0.25, -0.2) is 17.5 Å². The van der Waals surface area contributed by atoms with Gasteiger partial charge in [-0.1, -0.05) is 0 Å². The van der Waals surface area contributed by atoms with Gasteiger partial charge in [0.2, 0.25) is 10.0 Å². The highest BCUT2D eigenvalue weighted by Gasteiger charge is 2.27. The summed E-state index contributed by atoms with van der Waals surface area (Å²) in [5.74, 6) is -1.22. The fraction of sp³-hybridized carbons (Fsp3) is 0.562. The molecule has 0 spiro atoms. The number of carbonyl (C=O) groups excluding carboxylic acids is 1. The van der Waals surface area contributed by atoms with E-state index in [2.05, 4.69) is 4.72 Å². The van der Waals surface area contributed by atoms with Crippen LogP contribution >= 0.6 is 0 Å². The summed E-state index contributed by atoms with van der Waals surface area (Å²) >= 11 is 0. The fourth-order valence-electron chi connectivity index (χ4n) is 2.68. The first-order chi connectivity index (χ1) is 11.2. The molecule has 134 valence electrons. The van der Waals surface area contributed by atoms with Crippen molar-refractivity contribution in [3.05, 3.63) is 29.6 Å². The molecule has 6 nitrogen and oxygen atoms in total. The number of nitrogens with zero attached hydrogens (tertiary/aromatic N) is 1. The average Bonchev–Trinajstić information content (AvgIpc) is 2.53. The molecule has 1 heterocycles. The second kappa shape index (κ2) is 7.58. The van der Waals surface area contributed by atoms with Gasteiger partial charge in [-0.05, 0) is 44.9 Å². The zero-order valence-corrected chi connectivity index (χ0v) is 14.9. The molecule has 1 aliphatic rings. The smallest absolute Gasteiger partial charge is 0.256 e. The number of nitrogens with one attached hydrogen (secondary N) is 1.